The first-order valence-corrected chi connectivity index (χ1v) is 12.6. The van der Waals surface area contributed by atoms with Crippen molar-refractivity contribution < 1.29 is 23.9 Å². The maximum atomic E-state index is 12.8. The van der Waals surface area contributed by atoms with E-state index in [0.29, 0.717) is 30.0 Å². The number of hydrogen-bond donors (Lipinski definition) is 0. The van der Waals surface area contributed by atoms with E-state index >= 15 is 0 Å². The van der Waals surface area contributed by atoms with Crippen molar-refractivity contribution >= 4 is 23.3 Å². The molecule has 2 aromatic rings. The molecule has 0 saturated heterocycles. The zero-order valence-electron chi connectivity index (χ0n) is 21.1. The van der Waals surface area contributed by atoms with E-state index in [2.05, 4.69) is 12.1 Å². The fraction of sp³-hybridized carbons (Fsp3) is 0.483. The van der Waals surface area contributed by atoms with E-state index in [-0.39, 0.29) is 35.7 Å². The van der Waals surface area contributed by atoms with Crippen LogP contribution in [0.3, 0.4) is 0 Å². The van der Waals surface area contributed by atoms with Crippen LogP contribution < -0.4 is 14.4 Å². The van der Waals surface area contributed by atoms with Crippen molar-refractivity contribution in [2.45, 2.75) is 84.3 Å². The van der Waals surface area contributed by atoms with Gasteiger partial charge in [0.2, 0.25) is 5.91 Å². The number of Topliss-reactive ketones (excluding diaryl/α,β-unsaturated/α-hetero) is 1. The van der Waals surface area contributed by atoms with Crippen molar-refractivity contribution in [2.75, 3.05) is 4.90 Å². The molecule has 6 nitrogen and oxygen atoms in total. The number of ether oxygens (including phenoxy) is 2. The lowest BCUT2D eigenvalue weighted by atomic mass is 9.68. The minimum Gasteiger partial charge on any atom is -0.491 e. The van der Waals surface area contributed by atoms with Crippen molar-refractivity contribution in [3.63, 3.8) is 0 Å². The van der Waals surface area contributed by atoms with Crippen LogP contribution in [0.4, 0.5) is 5.69 Å². The third-order valence-electron chi connectivity index (χ3n) is 7.32. The van der Waals surface area contributed by atoms with E-state index in [1.807, 2.05) is 38.1 Å². The third-order valence-corrected chi connectivity index (χ3v) is 7.32. The molecule has 0 bridgehead atoms. The van der Waals surface area contributed by atoms with E-state index in [9.17, 15) is 14.4 Å². The molecule has 4 rings (SSSR count). The summed E-state index contributed by atoms with van der Waals surface area (Å²) >= 11 is 0. The van der Waals surface area contributed by atoms with E-state index < -0.39 is 5.97 Å². The van der Waals surface area contributed by atoms with Crippen LogP contribution in [0.5, 0.6) is 11.5 Å². The SMILES string of the molecule is CC(=O)Oc1cc(OC(C)CCCc2ccccc2)cc2c1C1CC(=O)CC[C@@H]1[C@@H](C)N2C(C)=O. The standard InChI is InChI=1S/C29H35NO5/c1-18(9-8-12-22-10-6-5-7-11-22)34-24-16-27-29(28(17-24)35-21(4)32)26-15-23(33)13-14-25(26)19(2)30(27)20(3)31/h5-7,10-11,16-19,25-26H,8-9,12-15H2,1-4H3/t18?,19-,25-,26?/m1/s1. The van der Waals surface area contributed by atoms with Gasteiger partial charge in [-0.3, -0.25) is 14.4 Å². The Hall–Kier alpha value is -3.15. The number of hydrogen-bond acceptors (Lipinski definition) is 5. The smallest absolute Gasteiger partial charge is 0.308 e. The molecule has 186 valence electrons. The summed E-state index contributed by atoms with van der Waals surface area (Å²) in [6.07, 6.45) is 4.41. The Morgan fingerprint density at radius 1 is 1.14 bits per heavy atom. The Bertz CT molecular complexity index is 1100. The average molecular weight is 478 g/mol. The quantitative estimate of drug-likeness (QED) is 0.383. The maximum absolute atomic E-state index is 12.8. The molecule has 0 N–H and O–H groups in total. The topological polar surface area (TPSA) is 72.9 Å². The van der Waals surface area contributed by atoms with Gasteiger partial charge in [0.1, 0.15) is 17.3 Å². The van der Waals surface area contributed by atoms with Crippen LogP contribution in [0, 0.1) is 5.92 Å². The highest BCUT2D eigenvalue weighted by atomic mass is 16.5. The Labute approximate surface area is 207 Å². The summed E-state index contributed by atoms with van der Waals surface area (Å²) in [5, 5.41) is 0. The summed E-state index contributed by atoms with van der Waals surface area (Å²) in [5.74, 6) is 0.714. The van der Waals surface area contributed by atoms with Crippen LogP contribution >= 0.6 is 0 Å². The molecule has 0 radical (unpaired) electrons. The average Bonchev–Trinajstić information content (AvgIpc) is 2.79. The molecule has 2 unspecified atom stereocenters. The highest BCUT2D eigenvalue weighted by Gasteiger charge is 2.45. The third kappa shape index (κ3) is 5.58. The molecule has 0 aromatic heterocycles. The fourth-order valence-corrected chi connectivity index (χ4v) is 5.78. The largest absolute Gasteiger partial charge is 0.491 e. The Morgan fingerprint density at radius 2 is 1.89 bits per heavy atom. The molecule has 35 heavy (non-hydrogen) atoms. The van der Waals surface area contributed by atoms with Crippen molar-refractivity contribution in [1.29, 1.82) is 0 Å². The summed E-state index contributed by atoms with van der Waals surface area (Å²) in [6, 6.07) is 13.9. The van der Waals surface area contributed by atoms with Crippen LogP contribution in [0.2, 0.25) is 0 Å². The van der Waals surface area contributed by atoms with Gasteiger partial charge >= 0.3 is 5.97 Å². The fourth-order valence-electron chi connectivity index (χ4n) is 5.78. The van der Waals surface area contributed by atoms with Gasteiger partial charge < -0.3 is 14.4 Å². The minimum absolute atomic E-state index is 0.0539. The number of anilines is 1. The van der Waals surface area contributed by atoms with Gasteiger partial charge in [-0.05, 0) is 51.0 Å². The molecular weight excluding hydrogens is 442 g/mol. The number of esters is 1. The minimum atomic E-state index is -0.438. The van der Waals surface area contributed by atoms with E-state index in [4.69, 9.17) is 9.47 Å². The number of aryl methyl sites for hydroxylation is 1. The van der Waals surface area contributed by atoms with Gasteiger partial charge in [0, 0.05) is 56.3 Å². The second-order valence-electron chi connectivity index (χ2n) is 9.94. The highest BCUT2D eigenvalue weighted by molar-refractivity contribution is 5.95. The summed E-state index contributed by atoms with van der Waals surface area (Å²) in [4.78, 5) is 38.9. The van der Waals surface area contributed by atoms with Gasteiger partial charge in [-0.25, -0.2) is 0 Å². The number of rotatable bonds is 7. The van der Waals surface area contributed by atoms with Gasteiger partial charge in [-0.15, -0.1) is 0 Å². The number of carbonyl (C=O) groups excluding carboxylic acids is 3. The number of benzene rings is 2. The predicted octanol–water partition coefficient (Wildman–Crippen LogP) is 5.61. The lowest BCUT2D eigenvalue weighted by Crippen LogP contribution is -2.49. The normalized spacial score (nSPS) is 22.1. The lowest BCUT2D eigenvalue weighted by Gasteiger charge is -2.47. The number of fused-ring (bicyclic) bond motifs is 3. The number of nitrogens with zero attached hydrogens (tertiary/aromatic N) is 1. The number of carbonyl (C=O) groups is 3. The summed E-state index contributed by atoms with van der Waals surface area (Å²) in [7, 11) is 0. The van der Waals surface area contributed by atoms with Crippen molar-refractivity contribution in [3.05, 3.63) is 53.6 Å². The molecule has 2 aromatic carbocycles. The second kappa shape index (κ2) is 10.6. The summed E-state index contributed by atoms with van der Waals surface area (Å²) in [5.41, 5.74) is 2.76. The maximum Gasteiger partial charge on any atom is 0.308 e. The first-order valence-electron chi connectivity index (χ1n) is 12.6. The Morgan fingerprint density at radius 3 is 2.57 bits per heavy atom. The van der Waals surface area contributed by atoms with Gasteiger partial charge in [0.25, 0.3) is 0 Å². The molecule has 1 fully saturated rings. The molecular formula is C29H35NO5. The Balaban J connectivity index is 1.63. The van der Waals surface area contributed by atoms with Gasteiger partial charge in [-0.2, -0.15) is 0 Å². The first-order chi connectivity index (χ1) is 16.7. The molecule has 1 aliphatic heterocycles. The van der Waals surface area contributed by atoms with Gasteiger partial charge in [0.15, 0.2) is 0 Å². The van der Waals surface area contributed by atoms with Crippen LogP contribution in [0.25, 0.3) is 0 Å². The van der Waals surface area contributed by atoms with E-state index in [1.54, 1.807) is 17.9 Å². The molecule has 4 atom stereocenters. The Kier molecular flexibility index (Phi) is 7.58. The van der Waals surface area contributed by atoms with Gasteiger partial charge in [0.05, 0.1) is 11.8 Å². The molecule has 1 amide bonds. The molecule has 6 heteroatoms. The summed E-state index contributed by atoms with van der Waals surface area (Å²) in [6.45, 7) is 6.99. The van der Waals surface area contributed by atoms with Crippen molar-refractivity contribution in [3.8, 4) is 11.5 Å². The molecule has 1 saturated carbocycles. The van der Waals surface area contributed by atoms with Crippen molar-refractivity contribution in [2.24, 2.45) is 5.92 Å². The first kappa shape index (κ1) is 25.0. The second-order valence-corrected chi connectivity index (χ2v) is 9.94. The van der Waals surface area contributed by atoms with Crippen LogP contribution in [-0.2, 0) is 20.8 Å². The predicted molar refractivity (Wildman–Crippen MR) is 135 cm³/mol. The number of ketones is 1. The van der Waals surface area contributed by atoms with Crippen LogP contribution in [0.15, 0.2) is 42.5 Å². The zero-order valence-corrected chi connectivity index (χ0v) is 21.1. The molecule has 1 aliphatic carbocycles. The highest BCUT2D eigenvalue weighted by Crippen LogP contribution is 2.53. The zero-order chi connectivity index (χ0) is 25.1. The number of amides is 1. The lowest BCUT2D eigenvalue weighted by molar-refractivity contribution is -0.132. The molecule has 2 aliphatic rings. The van der Waals surface area contributed by atoms with Crippen molar-refractivity contribution in [1.82, 2.24) is 0 Å². The van der Waals surface area contributed by atoms with Gasteiger partial charge in [-0.1, -0.05) is 30.3 Å². The monoisotopic (exact) mass is 477 g/mol. The molecule has 0 spiro atoms. The summed E-state index contributed by atoms with van der Waals surface area (Å²) < 4.78 is 11.9. The van der Waals surface area contributed by atoms with E-state index in [0.717, 1.165) is 31.2 Å². The molecule has 1 heterocycles. The van der Waals surface area contributed by atoms with Crippen LogP contribution in [0.1, 0.15) is 76.8 Å². The van der Waals surface area contributed by atoms with E-state index in [1.165, 1.54) is 12.5 Å². The van der Waals surface area contributed by atoms with Crippen LogP contribution in [-0.4, -0.2) is 29.8 Å².